The Hall–Kier alpha value is -1.58. The molecule has 2 atom stereocenters. The van der Waals surface area contributed by atoms with Gasteiger partial charge in [0.1, 0.15) is 18.9 Å². The van der Waals surface area contributed by atoms with E-state index in [1.54, 1.807) is 0 Å². The number of aromatic nitrogens is 2. The first-order valence-electron chi connectivity index (χ1n) is 8.47. The molecule has 25 heavy (non-hydrogen) atoms. The molecule has 2 unspecified atom stereocenters. The van der Waals surface area contributed by atoms with Crippen molar-refractivity contribution in [2.45, 2.75) is 31.7 Å². The van der Waals surface area contributed by atoms with Crippen LogP contribution in [0.15, 0.2) is 30.5 Å². The highest BCUT2D eigenvalue weighted by Crippen LogP contribution is 2.16. The number of aliphatic hydroxyl groups is 2. The standard InChI is InChI=1S/C17H24N4O3S/c22-15-5-6-21(11-15)10-14-4-2-1-3-13(14)7-18-8-16(23)12-24-17-9-19-25-20-17/h1-4,9,15-16,18,22-23H,5-8,10-12H2. The summed E-state index contributed by atoms with van der Waals surface area (Å²) < 4.78 is 13.1. The van der Waals surface area contributed by atoms with Crippen molar-refractivity contribution in [3.63, 3.8) is 0 Å². The van der Waals surface area contributed by atoms with Gasteiger partial charge in [-0.05, 0) is 17.5 Å². The van der Waals surface area contributed by atoms with E-state index in [1.165, 1.54) is 17.3 Å². The molecule has 2 aromatic rings. The molecule has 0 bridgehead atoms. The van der Waals surface area contributed by atoms with Gasteiger partial charge in [0.05, 0.1) is 17.8 Å². The molecule has 0 aliphatic carbocycles. The quantitative estimate of drug-likeness (QED) is 0.601. The third-order valence-electron chi connectivity index (χ3n) is 4.22. The first-order chi connectivity index (χ1) is 12.2. The average Bonchev–Trinajstić information content (AvgIpc) is 3.26. The van der Waals surface area contributed by atoms with Crippen LogP contribution >= 0.6 is 11.7 Å². The molecule has 1 fully saturated rings. The Morgan fingerprint density at radius 1 is 1.36 bits per heavy atom. The van der Waals surface area contributed by atoms with Gasteiger partial charge in [-0.1, -0.05) is 24.3 Å². The third kappa shape index (κ3) is 5.72. The Kier molecular flexibility index (Phi) is 6.71. The summed E-state index contributed by atoms with van der Waals surface area (Å²) in [7, 11) is 0. The van der Waals surface area contributed by atoms with Crippen LogP contribution in [0.2, 0.25) is 0 Å². The number of hydrogen-bond acceptors (Lipinski definition) is 8. The summed E-state index contributed by atoms with van der Waals surface area (Å²) in [6, 6.07) is 8.28. The Morgan fingerprint density at radius 2 is 2.20 bits per heavy atom. The molecule has 1 aromatic heterocycles. The Morgan fingerprint density at radius 3 is 2.92 bits per heavy atom. The highest BCUT2D eigenvalue weighted by Gasteiger charge is 2.20. The predicted molar refractivity (Wildman–Crippen MR) is 95.5 cm³/mol. The zero-order valence-corrected chi connectivity index (χ0v) is 14.9. The number of aliphatic hydroxyl groups excluding tert-OH is 2. The van der Waals surface area contributed by atoms with Crippen LogP contribution in [0.3, 0.4) is 0 Å². The van der Waals surface area contributed by atoms with E-state index in [0.29, 0.717) is 19.0 Å². The molecule has 3 rings (SSSR count). The van der Waals surface area contributed by atoms with Gasteiger partial charge in [0.25, 0.3) is 0 Å². The molecule has 1 aliphatic heterocycles. The van der Waals surface area contributed by atoms with Crippen LogP contribution in [0.5, 0.6) is 5.88 Å². The molecule has 3 N–H and O–H groups in total. The van der Waals surface area contributed by atoms with E-state index in [9.17, 15) is 10.2 Å². The second-order valence-electron chi connectivity index (χ2n) is 6.29. The molecule has 136 valence electrons. The smallest absolute Gasteiger partial charge is 0.245 e. The fraction of sp³-hybridized carbons (Fsp3) is 0.529. The summed E-state index contributed by atoms with van der Waals surface area (Å²) >= 11 is 1.08. The Labute approximate surface area is 151 Å². The minimum absolute atomic E-state index is 0.186. The number of nitrogens with one attached hydrogen (secondary N) is 1. The van der Waals surface area contributed by atoms with E-state index in [4.69, 9.17) is 4.74 Å². The van der Waals surface area contributed by atoms with Gasteiger partial charge >= 0.3 is 0 Å². The number of benzene rings is 1. The van der Waals surface area contributed by atoms with Gasteiger partial charge < -0.3 is 20.3 Å². The molecule has 8 heteroatoms. The van der Waals surface area contributed by atoms with Crippen LogP contribution in [0.4, 0.5) is 0 Å². The monoisotopic (exact) mass is 364 g/mol. The number of hydrogen-bond donors (Lipinski definition) is 3. The molecule has 0 radical (unpaired) electrons. The van der Waals surface area contributed by atoms with E-state index in [0.717, 1.165) is 37.8 Å². The average molecular weight is 364 g/mol. The van der Waals surface area contributed by atoms with E-state index in [2.05, 4.69) is 31.1 Å². The molecule has 0 saturated carbocycles. The second-order valence-corrected chi connectivity index (χ2v) is 6.84. The van der Waals surface area contributed by atoms with Gasteiger partial charge in [-0.15, -0.1) is 4.37 Å². The van der Waals surface area contributed by atoms with Gasteiger partial charge in [-0.25, -0.2) is 0 Å². The van der Waals surface area contributed by atoms with E-state index in [1.807, 2.05) is 12.1 Å². The van der Waals surface area contributed by atoms with Crippen molar-refractivity contribution >= 4 is 11.7 Å². The second kappa shape index (κ2) is 9.21. The van der Waals surface area contributed by atoms with E-state index >= 15 is 0 Å². The summed E-state index contributed by atoms with van der Waals surface area (Å²) in [6.45, 7) is 3.83. The van der Waals surface area contributed by atoms with Crippen LogP contribution in [0.25, 0.3) is 0 Å². The first-order valence-corrected chi connectivity index (χ1v) is 9.20. The molecular formula is C17H24N4O3S. The molecule has 1 saturated heterocycles. The van der Waals surface area contributed by atoms with Crippen molar-refractivity contribution in [2.75, 3.05) is 26.2 Å². The Balaban J connectivity index is 1.43. The van der Waals surface area contributed by atoms with Crippen molar-refractivity contribution in [3.8, 4) is 5.88 Å². The Bertz CT molecular complexity index is 641. The van der Waals surface area contributed by atoms with Crippen LogP contribution in [-0.2, 0) is 13.1 Å². The van der Waals surface area contributed by atoms with Crippen LogP contribution in [0, 0.1) is 0 Å². The molecule has 0 amide bonds. The lowest BCUT2D eigenvalue weighted by Gasteiger charge is -2.18. The number of β-amino-alcohol motifs (C(OH)–C–C–N with tert-alkyl or cyclic N) is 1. The number of rotatable bonds is 9. The maximum Gasteiger partial charge on any atom is 0.245 e. The minimum atomic E-state index is -0.609. The van der Waals surface area contributed by atoms with Gasteiger partial charge in [-0.2, -0.15) is 4.37 Å². The minimum Gasteiger partial charge on any atom is -0.473 e. The van der Waals surface area contributed by atoms with Gasteiger partial charge in [-0.3, -0.25) is 4.90 Å². The lowest BCUT2D eigenvalue weighted by atomic mass is 10.1. The largest absolute Gasteiger partial charge is 0.473 e. The zero-order valence-electron chi connectivity index (χ0n) is 14.0. The van der Waals surface area contributed by atoms with Crippen molar-refractivity contribution in [1.82, 2.24) is 19.0 Å². The summed E-state index contributed by atoms with van der Waals surface area (Å²) in [4.78, 5) is 2.27. The van der Waals surface area contributed by atoms with Gasteiger partial charge in [0.2, 0.25) is 5.88 Å². The maximum absolute atomic E-state index is 9.99. The first kappa shape index (κ1) is 18.2. The fourth-order valence-corrected chi connectivity index (χ4v) is 3.28. The van der Waals surface area contributed by atoms with Crippen molar-refractivity contribution < 1.29 is 14.9 Å². The number of ether oxygens (including phenoxy) is 1. The number of nitrogens with zero attached hydrogens (tertiary/aromatic N) is 3. The summed E-state index contributed by atoms with van der Waals surface area (Å²) in [5.41, 5.74) is 2.46. The summed E-state index contributed by atoms with van der Waals surface area (Å²) in [6.07, 6.45) is 1.58. The van der Waals surface area contributed by atoms with Crippen LogP contribution in [-0.4, -0.2) is 62.3 Å². The topological polar surface area (TPSA) is 90.7 Å². The highest BCUT2D eigenvalue weighted by atomic mass is 32.1. The fourth-order valence-electron chi connectivity index (χ4n) is 2.91. The van der Waals surface area contributed by atoms with E-state index < -0.39 is 6.10 Å². The summed E-state index contributed by atoms with van der Waals surface area (Å²) in [5, 5.41) is 22.9. The molecule has 1 aliphatic rings. The van der Waals surface area contributed by atoms with Crippen molar-refractivity contribution in [2.24, 2.45) is 0 Å². The lowest BCUT2D eigenvalue weighted by Crippen LogP contribution is -2.31. The predicted octanol–water partition coefficient (Wildman–Crippen LogP) is 0.634. The maximum atomic E-state index is 9.99. The van der Waals surface area contributed by atoms with Crippen molar-refractivity contribution in [3.05, 3.63) is 41.6 Å². The SMILES string of the molecule is OC(CNCc1ccccc1CN1CCC(O)C1)COc1cnsn1. The lowest BCUT2D eigenvalue weighted by molar-refractivity contribution is 0.104. The molecule has 2 heterocycles. The third-order valence-corrected chi connectivity index (χ3v) is 4.68. The highest BCUT2D eigenvalue weighted by molar-refractivity contribution is 6.99. The van der Waals surface area contributed by atoms with Crippen LogP contribution < -0.4 is 10.1 Å². The molecule has 0 spiro atoms. The molecular weight excluding hydrogens is 340 g/mol. The van der Waals surface area contributed by atoms with E-state index in [-0.39, 0.29) is 12.7 Å². The van der Waals surface area contributed by atoms with Gasteiger partial charge in [0.15, 0.2) is 0 Å². The normalized spacial score (nSPS) is 19.2. The summed E-state index contributed by atoms with van der Waals surface area (Å²) in [5.74, 6) is 0.446. The number of likely N-dealkylation sites (tertiary alicyclic amines) is 1. The zero-order chi connectivity index (χ0) is 17.5. The van der Waals surface area contributed by atoms with Crippen molar-refractivity contribution in [1.29, 1.82) is 0 Å². The van der Waals surface area contributed by atoms with Crippen LogP contribution in [0.1, 0.15) is 17.5 Å². The molecule has 1 aromatic carbocycles. The molecule has 7 nitrogen and oxygen atoms in total. The van der Waals surface area contributed by atoms with Gasteiger partial charge in [0, 0.05) is 32.7 Å².